The van der Waals surface area contributed by atoms with Crippen LogP contribution in [0.1, 0.15) is 5.69 Å². The molecule has 7 nitrogen and oxygen atoms in total. The first-order valence-corrected chi connectivity index (χ1v) is 6.44. The fraction of sp³-hybridized carbons (Fsp3) is 0.100. The van der Waals surface area contributed by atoms with Crippen LogP contribution in [-0.4, -0.2) is 30.1 Å². The molecule has 0 atom stereocenters. The molecule has 0 saturated carbocycles. The summed E-state index contributed by atoms with van der Waals surface area (Å²) in [4.78, 5) is 26.4. The smallest absolute Gasteiger partial charge is 0.251 e. The molecule has 0 radical (unpaired) electrons. The van der Waals surface area contributed by atoms with Gasteiger partial charge in [-0.1, -0.05) is 0 Å². The third-order valence-corrected chi connectivity index (χ3v) is 3.35. The molecule has 0 saturated heterocycles. The zero-order valence-corrected chi connectivity index (χ0v) is 11.2. The van der Waals surface area contributed by atoms with Crippen molar-refractivity contribution in [3.05, 3.63) is 33.6 Å². The van der Waals surface area contributed by atoms with E-state index in [9.17, 15) is 4.79 Å². The Morgan fingerprint density at radius 3 is 2.95 bits per heavy atom. The molecule has 0 bridgehead atoms. The van der Waals surface area contributed by atoms with Gasteiger partial charge < -0.3 is 4.98 Å². The number of nitrogens with one attached hydrogen (secondary N) is 2. The molecule has 0 amide bonds. The van der Waals surface area contributed by atoms with E-state index in [1.165, 1.54) is 17.8 Å². The van der Waals surface area contributed by atoms with Gasteiger partial charge in [-0.25, -0.2) is 9.97 Å². The number of H-pyrrole nitrogens is 2. The number of hydrogen-bond donors (Lipinski definition) is 2. The molecule has 0 unspecified atom stereocenters. The maximum atomic E-state index is 11.4. The molecule has 2 N–H and O–H groups in total. The first-order valence-electron chi connectivity index (χ1n) is 5.24. The number of aromatic nitrogens is 6. The molecule has 3 aromatic heterocycles. The van der Waals surface area contributed by atoms with Gasteiger partial charge in [0.15, 0.2) is 10.8 Å². The van der Waals surface area contributed by atoms with Crippen LogP contribution in [0.2, 0.25) is 5.28 Å². The zero-order valence-electron chi connectivity index (χ0n) is 9.64. The lowest BCUT2D eigenvalue weighted by Gasteiger charge is -2.02. The van der Waals surface area contributed by atoms with Crippen LogP contribution in [0.4, 0.5) is 0 Å². The topological polar surface area (TPSA) is 100 Å². The van der Waals surface area contributed by atoms with E-state index in [0.717, 1.165) is 5.39 Å². The minimum Gasteiger partial charge on any atom is -0.301 e. The number of rotatable bonds is 2. The molecule has 19 heavy (non-hydrogen) atoms. The lowest BCUT2D eigenvalue weighted by atomic mass is 10.4. The molecule has 3 heterocycles. The van der Waals surface area contributed by atoms with Crippen molar-refractivity contribution in [3.8, 4) is 0 Å². The second-order valence-electron chi connectivity index (χ2n) is 3.72. The van der Waals surface area contributed by atoms with E-state index in [0.29, 0.717) is 21.5 Å². The number of aromatic amines is 2. The molecule has 96 valence electrons. The van der Waals surface area contributed by atoms with Gasteiger partial charge in [-0.3, -0.25) is 9.89 Å². The Morgan fingerprint density at radius 1 is 1.32 bits per heavy atom. The van der Waals surface area contributed by atoms with Crippen molar-refractivity contribution in [2.24, 2.45) is 0 Å². The van der Waals surface area contributed by atoms with Crippen LogP contribution in [0.15, 0.2) is 27.2 Å². The largest absolute Gasteiger partial charge is 0.301 e. The van der Waals surface area contributed by atoms with Crippen molar-refractivity contribution in [2.45, 2.75) is 17.1 Å². The molecular formula is C10H7ClN6OS. The fourth-order valence-corrected chi connectivity index (χ4v) is 2.69. The Labute approximate surface area is 115 Å². The Hall–Kier alpha value is -1.93. The highest BCUT2D eigenvalue weighted by molar-refractivity contribution is 7.99. The van der Waals surface area contributed by atoms with Gasteiger partial charge in [0.1, 0.15) is 5.03 Å². The Morgan fingerprint density at radius 2 is 2.16 bits per heavy atom. The van der Waals surface area contributed by atoms with Crippen LogP contribution < -0.4 is 5.56 Å². The van der Waals surface area contributed by atoms with Crippen molar-refractivity contribution in [1.29, 1.82) is 0 Å². The lowest BCUT2D eigenvalue weighted by molar-refractivity contribution is 0.902. The molecule has 3 aromatic rings. The van der Waals surface area contributed by atoms with Gasteiger partial charge in [-0.15, -0.1) is 0 Å². The molecule has 9 heteroatoms. The second-order valence-corrected chi connectivity index (χ2v) is 5.04. The summed E-state index contributed by atoms with van der Waals surface area (Å²) < 4.78 is 0. The minimum atomic E-state index is -0.210. The van der Waals surface area contributed by atoms with Crippen molar-refractivity contribution >= 4 is 34.4 Å². The fourth-order valence-electron chi connectivity index (χ4n) is 1.55. The van der Waals surface area contributed by atoms with Crippen molar-refractivity contribution in [1.82, 2.24) is 30.1 Å². The van der Waals surface area contributed by atoms with Gasteiger partial charge in [0.25, 0.3) is 5.56 Å². The number of aryl methyl sites for hydroxylation is 1. The predicted octanol–water partition coefficient (Wildman–Crippen LogP) is 1.55. The van der Waals surface area contributed by atoms with Crippen molar-refractivity contribution < 1.29 is 0 Å². The minimum absolute atomic E-state index is 0.106. The highest BCUT2D eigenvalue weighted by atomic mass is 35.5. The summed E-state index contributed by atoms with van der Waals surface area (Å²) >= 11 is 7.04. The van der Waals surface area contributed by atoms with E-state index in [-0.39, 0.29) is 10.8 Å². The third kappa shape index (κ3) is 2.45. The van der Waals surface area contributed by atoms with Crippen LogP contribution >= 0.6 is 23.4 Å². The summed E-state index contributed by atoms with van der Waals surface area (Å²) in [6.45, 7) is 1.75. The highest BCUT2D eigenvalue weighted by Crippen LogP contribution is 2.28. The summed E-state index contributed by atoms with van der Waals surface area (Å²) in [7, 11) is 0. The Kier molecular flexibility index (Phi) is 2.96. The first-order chi connectivity index (χ1) is 9.11. The van der Waals surface area contributed by atoms with Crippen LogP contribution in [0.5, 0.6) is 0 Å². The lowest BCUT2D eigenvalue weighted by Crippen LogP contribution is -2.08. The van der Waals surface area contributed by atoms with Gasteiger partial charge in [-0.05, 0) is 30.3 Å². The molecule has 0 aliphatic carbocycles. The zero-order chi connectivity index (χ0) is 13.4. The SMILES string of the molecule is Cc1cc(=O)[nH]c(Sc2nc(Cl)nc3[nH]ncc23)n1. The van der Waals surface area contributed by atoms with Crippen LogP contribution in [0.3, 0.4) is 0 Å². The molecule has 0 fully saturated rings. The number of nitrogens with zero attached hydrogens (tertiary/aromatic N) is 4. The normalized spacial score (nSPS) is 11.1. The van der Waals surface area contributed by atoms with Gasteiger partial charge in [0.05, 0.1) is 11.6 Å². The molecule has 3 rings (SSSR count). The van der Waals surface area contributed by atoms with Crippen molar-refractivity contribution in [2.75, 3.05) is 0 Å². The van der Waals surface area contributed by atoms with Crippen molar-refractivity contribution in [3.63, 3.8) is 0 Å². The summed E-state index contributed by atoms with van der Waals surface area (Å²) in [6, 6.07) is 1.42. The highest BCUT2D eigenvalue weighted by Gasteiger charge is 2.11. The number of halogens is 1. The van der Waals surface area contributed by atoms with Gasteiger partial charge in [0, 0.05) is 11.8 Å². The predicted molar refractivity (Wildman–Crippen MR) is 70.4 cm³/mol. The molecule has 0 aliphatic heterocycles. The van der Waals surface area contributed by atoms with E-state index in [1.807, 2.05) is 0 Å². The second kappa shape index (κ2) is 4.63. The maximum Gasteiger partial charge on any atom is 0.251 e. The van der Waals surface area contributed by atoms with Gasteiger partial charge in [0.2, 0.25) is 5.28 Å². The molecular weight excluding hydrogens is 288 g/mol. The number of hydrogen-bond acceptors (Lipinski definition) is 6. The van der Waals surface area contributed by atoms with Crippen LogP contribution in [0, 0.1) is 6.92 Å². The summed E-state index contributed by atoms with van der Waals surface area (Å²) in [5, 5.41) is 8.46. The van der Waals surface area contributed by atoms with E-state index in [2.05, 4.69) is 30.1 Å². The molecule has 0 spiro atoms. The van der Waals surface area contributed by atoms with Gasteiger partial charge in [-0.2, -0.15) is 10.1 Å². The molecule has 0 aliphatic rings. The summed E-state index contributed by atoms with van der Waals surface area (Å²) in [6.07, 6.45) is 1.60. The maximum absolute atomic E-state index is 11.4. The van der Waals surface area contributed by atoms with Crippen LogP contribution in [-0.2, 0) is 0 Å². The van der Waals surface area contributed by atoms with E-state index in [4.69, 9.17) is 11.6 Å². The quantitative estimate of drug-likeness (QED) is 0.549. The summed E-state index contributed by atoms with van der Waals surface area (Å²) in [5.74, 6) is 0. The summed E-state index contributed by atoms with van der Waals surface area (Å²) in [5.41, 5.74) is 0.964. The van der Waals surface area contributed by atoms with Gasteiger partial charge >= 0.3 is 0 Å². The standard InChI is InChI=1S/C10H7ClN6OS/c1-4-2-6(18)14-10(13-4)19-8-5-3-12-17-7(5)15-9(11)16-8/h2-3H,1H3,(H,13,14,18)(H,12,15,16,17). The average Bonchev–Trinajstić information content (AvgIpc) is 2.75. The Balaban J connectivity index is 2.09. The van der Waals surface area contributed by atoms with E-state index < -0.39 is 0 Å². The van der Waals surface area contributed by atoms with Crippen LogP contribution in [0.25, 0.3) is 11.0 Å². The Bertz CT molecular complexity index is 813. The first kappa shape index (κ1) is 12.1. The van der Waals surface area contributed by atoms with E-state index in [1.54, 1.807) is 13.1 Å². The van der Waals surface area contributed by atoms with E-state index >= 15 is 0 Å². The monoisotopic (exact) mass is 294 g/mol. The average molecular weight is 295 g/mol. The molecule has 0 aromatic carbocycles. The number of fused-ring (bicyclic) bond motifs is 1. The third-order valence-electron chi connectivity index (χ3n) is 2.29.